The van der Waals surface area contributed by atoms with Crippen LogP contribution in [-0.4, -0.2) is 17.4 Å². The Morgan fingerprint density at radius 3 is 2.85 bits per heavy atom. The molecule has 1 aromatic heterocycles. The molecule has 0 aliphatic heterocycles. The van der Waals surface area contributed by atoms with Crippen molar-refractivity contribution in [2.75, 3.05) is 6.54 Å². The summed E-state index contributed by atoms with van der Waals surface area (Å²) in [4.78, 5) is 14.4. The smallest absolute Gasteiger partial charge is 0.267 e. The largest absolute Gasteiger partial charge is 0.354 e. The monoisotopic (exact) mass is 198 g/mol. The average molecular weight is 198 g/mol. The van der Waals surface area contributed by atoms with E-state index in [0.29, 0.717) is 18.0 Å². The van der Waals surface area contributed by atoms with Crippen LogP contribution in [0.1, 0.15) is 28.7 Å². The van der Waals surface area contributed by atoms with E-state index in [-0.39, 0.29) is 5.91 Å². The third-order valence-corrected chi connectivity index (χ3v) is 2.22. The van der Waals surface area contributed by atoms with Gasteiger partial charge in [-0.3, -0.25) is 4.79 Å². The summed E-state index contributed by atoms with van der Waals surface area (Å²) in [5, 5.41) is 2.73. The van der Waals surface area contributed by atoms with Crippen molar-refractivity contribution in [3.8, 4) is 0 Å². The number of hydrogen-bond acceptors (Lipinski definition) is 2. The summed E-state index contributed by atoms with van der Waals surface area (Å²) >= 11 is 4.16. The molecule has 0 saturated carbocycles. The van der Waals surface area contributed by atoms with Gasteiger partial charge in [0, 0.05) is 18.0 Å². The molecule has 0 aromatic carbocycles. The molecular formula is C9H14N2OS. The van der Waals surface area contributed by atoms with E-state index in [9.17, 15) is 4.79 Å². The van der Waals surface area contributed by atoms with Crippen molar-refractivity contribution in [3.05, 3.63) is 23.0 Å². The summed E-state index contributed by atoms with van der Waals surface area (Å²) in [5.41, 5.74) is 2.70. The lowest BCUT2D eigenvalue weighted by atomic mass is 10.3. The Kier molecular flexibility index (Phi) is 3.42. The Hall–Kier alpha value is -0.900. The number of nitrogens with one attached hydrogen (secondary N) is 2. The Bertz CT molecular complexity index is 307. The van der Waals surface area contributed by atoms with Crippen LogP contribution in [0.3, 0.4) is 0 Å². The number of thiol groups is 1. The number of aromatic nitrogens is 1. The second kappa shape index (κ2) is 4.37. The van der Waals surface area contributed by atoms with Crippen LogP contribution in [0.4, 0.5) is 0 Å². The molecule has 2 N–H and O–H groups in total. The number of amides is 1. The van der Waals surface area contributed by atoms with Gasteiger partial charge in [0.15, 0.2) is 0 Å². The van der Waals surface area contributed by atoms with Crippen LogP contribution >= 0.6 is 12.6 Å². The number of aromatic amines is 1. The third-order valence-electron chi connectivity index (χ3n) is 1.87. The molecule has 0 radical (unpaired) electrons. The van der Waals surface area contributed by atoms with Crippen molar-refractivity contribution in [1.29, 1.82) is 0 Å². The summed E-state index contributed by atoms with van der Waals surface area (Å²) in [6.45, 7) is 4.48. The van der Waals surface area contributed by atoms with Crippen LogP contribution in [0.15, 0.2) is 6.07 Å². The summed E-state index contributed by atoms with van der Waals surface area (Å²) < 4.78 is 0. The van der Waals surface area contributed by atoms with E-state index in [4.69, 9.17) is 0 Å². The second-order valence-electron chi connectivity index (χ2n) is 2.85. The molecule has 1 aromatic rings. The first-order valence-electron chi connectivity index (χ1n) is 4.26. The number of H-pyrrole nitrogens is 1. The van der Waals surface area contributed by atoms with Gasteiger partial charge in [-0.25, -0.2) is 0 Å². The number of carbonyl (C=O) groups is 1. The molecule has 1 rings (SSSR count). The molecule has 0 aliphatic carbocycles. The molecule has 0 unspecified atom stereocenters. The molecule has 0 bridgehead atoms. The third kappa shape index (κ3) is 2.28. The molecule has 1 amide bonds. The number of rotatable bonds is 3. The van der Waals surface area contributed by atoms with E-state index in [2.05, 4.69) is 22.9 Å². The van der Waals surface area contributed by atoms with Crippen molar-refractivity contribution < 1.29 is 4.79 Å². The fourth-order valence-corrected chi connectivity index (χ4v) is 1.47. The number of carbonyl (C=O) groups excluding carboxylic acids is 1. The number of aryl methyl sites for hydroxylation is 1. The summed E-state index contributed by atoms with van der Waals surface area (Å²) in [7, 11) is 0. The minimum Gasteiger partial charge on any atom is -0.354 e. The topological polar surface area (TPSA) is 44.9 Å². The van der Waals surface area contributed by atoms with Gasteiger partial charge < -0.3 is 10.3 Å². The van der Waals surface area contributed by atoms with E-state index >= 15 is 0 Å². The minimum absolute atomic E-state index is 0.0568. The summed E-state index contributed by atoms with van der Waals surface area (Å²) in [6, 6.07) is 1.84. The van der Waals surface area contributed by atoms with Crippen molar-refractivity contribution in [2.45, 2.75) is 19.6 Å². The minimum atomic E-state index is -0.0568. The standard InChI is InChI=1S/C9H14N2OS/c1-3-10-9(12)8-4-7(5-13)6(2)11-8/h4,11,13H,3,5H2,1-2H3,(H,10,12). The van der Waals surface area contributed by atoms with Gasteiger partial charge in [-0.2, -0.15) is 12.6 Å². The maximum absolute atomic E-state index is 11.4. The summed E-state index contributed by atoms with van der Waals surface area (Å²) in [5.74, 6) is 0.598. The molecule has 0 atom stereocenters. The number of hydrogen-bond donors (Lipinski definition) is 3. The lowest BCUT2D eigenvalue weighted by molar-refractivity contribution is 0.0951. The quantitative estimate of drug-likeness (QED) is 0.633. The van der Waals surface area contributed by atoms with Crippen LogP contribution < -0.4 is 5.32 Å². The molecule has 0 fully saturated rings. The van der Waals surface area contributed by atoms with E-state index in [1.807, 2.05) is 19.9 Å². The molecule has 3 nitrogen and oxygen atoms in total. The Morgan fingerprint density at radius 1 is 1.69 bits per heavy atom. The van der Waals surface area contributed by atoms with Crippen molar-refractivity contribution in [3.63, 3.8) is 0 Å². The molecule has 72 valence electrons. The zero-order valence-corrected chi connectivity index (χ0v) is 8.74. The molecular weight excluding hydrogens is 184 g/mol. The van der Waals surface area contributed by atoms with E-state index in [1.54, 1.807) is 0 Å². The first-order chi connectivity index (χ1) is 6.19. The Balaban J connectivity index is 2.84. The molecule has 0 aliphatic rings. The van der Waals surface area contributed by atoms with Crippen LogP contribution in [0, 0.1) is 6.92 Å². The van der Waals surface area contributed by atoms with Crippen molar-refractivity contribution >= 4 is 18.5 Å². The summed E-state index contributed by atoms with van der Waals surface area (Å²) in [6.07, 6.45) is 0. The molecule has 13 heavy (non-hydrogen) atoms. The predicted octanol–water partition coefficient (Wildman–Crippen LogP) is 1.50. The maximum atomic E-state index is 11.4. The van der Waals surface area contributed by atoms with Gasteiger partial charge in [-0.15, -0.1) is 0 Å². The van der Waals surface area contributed by atoms with Gasteiger partial charge in [0.25, 0.3) is 5.91 Å². The fraction of sp³-hybridized carbons (Fsp3) is 0.444. The molecule has 0 saturated heterocycles. The maximum Gasteiger partial charge on any atom is 0.267 e. The lowest BCUT2D eigenvalue weighted by Crippen LogP contribution is -2.22. The Morgan fingerprint density at radius 2 is 2.38 bits per heavy atom. The molecule has 1 heterocycles. The molecule has 0 spiro atoms. The highest BCUT2D eigenvalue weighted by molar-refractivity contribution is 7.79. The van der Waals surface area contributed by atoms with Gasteiger partial charge in [-0.05, 0) is 25.5 Å². The van der Waals surface area contributed by atoms with Crippen LogP contribution in [0.2, 0.25) is 0 Å². The second-order valence-corrected chi connectivity index (χ2v) is 3.17. The van der Waals surface area contributed by atoms with Gasteiger partial charge in [-0.1, -0.05) is 0 Å². The highest BCUT2D eigenvalue weighted by Gasteiger charge is 2.08. The lowest BCUT2D eigenvalue weighted by Gasteiger charge is -1.97. The average Bonchev–Trinajstić information content (AvgIpc) is 2.47. The van der Waals surface area contributed by atoms with E-state index in [1.165, 1.54) is 0 Å². The van der Waals surface area contributed by atoms with E-state index < -0.39 is 0 Å². The van der Waals surface area contributed by atoms with Gasteiger partial charge in [0.05, 0.1) is 0 Å². The highest BCUT2D eigenvalue weighted by atomic mass is 32.1. The fourth-order valence-electron chi connectivity index (χ4n) is 1.14. The first kappa shape index (κ1) is 10.2. The SMILES string of the molecule is CCNC(=O)c1cc(CS)c(C)[nH]1. The van der Waals surface area contributed by atoms with Gasteiger partial charge in [0.2, 0.25) is 0 Å². The normalized spacial score (nSPS) is 10.1. The Labute approximate surface area is 83.3 Å². The first-order valence-corrected chi connectivity index (χ1v) is 4.89. The highest BCUT2D eigenvalue weighted by Crippen LogP contribution is 2.11. The van der Waals surface area contributed by atoms with Crippen LogP contribution in [-0.2, 0) is 5.75 Å². The van der Waals surface area contributed by atoms with Gasteiger partial charge >= 0.3 is 0 Å². The van der Waals surface area contributed by atoms with E-state index in [0.717, 1.165) is 11.3 Å². The van der Waals surface area contributed by atoms with Crippen LogP contribution in [0.5, 0.6) is 0 Å². The zero-order valence-electron chi connectivity index (χ0n) is 7.85. The van der Waals surface area contributed by atoms with Crippen molar-refractivity contribution in [1.82, 2.24) is 10.3 Å². The molecule has 4 heteroatoms. The zero-order chi connectivity index (χ0) is 9.84. The van der Waals surface area contributed by atoms with Crippen molar-refractivity contribution in [2.24, 2.45) is 0 Å². The predicted molar refractivity (Wildman–Crippen MR) is 56.2 cm³/mol. The van der Waals surface area contributed by atoms with Gasteiger partial charge in [0.1, 0.15) is 5.69 Å². The van der Waals surface area contributed by atoms with Crippen LogP contribution in [0.25, 0.3) is 0 Å².